The highest BCUT2D eigenvalue weighted by atomic mass is 16.2. The van der Waals surface area contributed by atoms with Crippen molar-refractivity contribution in [1.82, 2.24) is 10.2 Å². The van der Waals surface area contributed by atoms with Crippen molar-refractivity contribution in [2.24, 2.45) is 0 Å². The van der Waals surface area contributed by atoms with Gasteiger partial charge in [-0.3, -0.25) is 14.5 Å². The lowest BCUT2D eigenvalue weighted by atomic mass is 10.2. The Balaban J connectivity index is 2.48. The number of imide groups is 1. The Labute approximate surface area is 91.0 Å². The van der Waals surface area contributed by atoms with Gasteiger partial charge in [-0.1, -0.05) is 0 Å². The van der Waals surface area contributed by atoms with E-state index in [0.717, 1.165) is 19.3 Å². The molecule has 4 heteroatoms. The van der Waals surface area contributed by atoms with Crippen molar-refractivity contribution in [2.45, 2.75) is 45.1 Å². The highest BCUT2D eigenvalue weighted by Gasteiger charge is 2.23. The fourth-order valence-electron chi connectivity index (χ4n) is 1.68. The van der Waals surface area contributed by atoms with Crippen LogP contribution in [0.25, 0.3) is 0 Å². The lowest BCUT2D eigenvalue weighted by Crippen LogP contribution is -2.38. The monoisotopic (exact) mass is 212 g/mol. The lowest BCUT2D eigenvalue weighted by molar-refractivity contribution is -0.143. The standard InChI is InChI=1S/C11H20N2O2/c1-9(12-2)7-8-13-10(14)5-3-4-6-11(13)15/h9,12H,3-8H2,1-2H3. The SMILES string of the molecule is CNC(C)CCN1C(=O)CCCCC1=O. The summed E-state index contributed by atoms with van der Waals surface area (Å²) in [4.78, 5) is 24.7. The number of likely N-dealkylation sites (tertiary alicyclic amines) is 1. The molecule has 0 aromatic rings. The van der Waals surface area contributed by atoms with Crippen LogP contribution in [0.4, 0.5) is 0 Å². The second-order valence-electron chi connectivity index (χ2n) is 4.12. The van der Waals surface area contributed by atoms with E-state index in [9.17, 15) is 9.59 Å². The summed E-state index contributed by atoms with van der Waals surface area (Å²) in [5, 5.41) is 3.10. The number of amides is 2. The maximum Gasteiger partial charge on any atom is 0.229 e. The molecule has 4 nitrogen and oxygen atoms in total. The summed E-state index contributed by atoms with van der Waals surface area (Å²) in [5.41, 5.74) is 0. The number of carbonyl (C=O) groups excluding carboxylic acids is 2. The van der Waals surface area contributed by atoms with Crippen LogP contribution < -0.4 is 5.32 Å². The number of hydrogen-bond donors (Lipinski definition) is 1. The molecule has 1 N–H and O–H groups in total. The highest BCUT2D eigenvalue weighted by Crippen LogP contribution is 2.13. The second-order valence-corrected chi connectivity index (χ2v) is 4.12. The first-order chi connectivity index (χ1) is 7.15. The molecule has 0 aliphatic carbocycles. The Morgan fingerprint density at radius 3 is 2.27 bits per heavy atom. The molecule has 0 spiro atoms. The quantitative estimate of drug-likeness (QED) is 0.705. The van der Waals surface area contributed by atoms with Crippen LogP contribution in [0.15, 0.2) is 0 Å². The summed E-state index contributed by atoms with van der Waals surface area (Å²) in [7, 11) is 1.89. The molecule has 0 radical (unpaired) electrons. The average molecular weight is 212 g/mol. The molecule has 1 aliphatic rings. The minimum absolute atomic E-state index is 0.000744. The molecule has 1 saturated heterocycles. The zero-order chi connectivity index (χ0) is 11.3. The largest absolute Gasteiger partial charge is 0.317 e. The summed E-state index contributed by atoms with van der Waals surface area (Å²) in [6, 6.07) is 0.342. The summed E-state index contributed by atoms with van der Waals surface area (Å²) >= 11 is 0. The lowest BCUT2D eigenvalue weighted by Gasteiger charge is -2.20. The van der Waals surface area contributed by atoms with Crippen LogP contribution >= 0.6 is 0 Å². The van der Waals surface area contributed by atoms with E-state index in [1.807, 2.05) is 14.0 Å². The van der Waals surface area contributed by atoms with E-state index in [0.29, 0.717) is 25.4 Å². The summed E-state index contributed by atoms with van der Waals surface area (Å²) in [6.45, 7) is 2.60. The Morgan fingerprint density at radius 2 is 1.80 bits per heavy atom. The highest BCUT2D eigenvalue weighted by molar-refractivity contribution is 5.95. The number of carbonyl (C=O) groups is 2. The molecular weight excluding hydrogens is 192 g/mol. The molecule has 0 aromatic heterocycles. The molecule has 15 heavy (non-hydrogen) atoms. The van der Waals surface area contributed by atoms with E-state index in [2.05, 4.69) is 5.32 Å². The van der Waals surface area contributed by atoms with Crippen LogP contribution in [0.2, 0.25) is 0 Å². The average Bonchev–Trinajstić information content (AvgIpc) is 2.38. The Hall–Kier alpha value is -0.900. The summed E-state index contributed by atoms with van der Waals surface area (Å²) in [6.07, 6.45) is 3.58. The predicted molar refractivity (Wildman–Crippen MR) is 58.3 cm³/mol. The maximum absolute atomic E-state index is 11.6. The van der Waals surface area contributed by atoms with Gasteiger partial charge in [0, 0.05) is 25.4 Å². The van der Waals surface area contributed by atoms with E-state index in [-0.39, 0.29) is 11.8 Å². The third kappa shape index (κ3) is 3.63. The molecular formula is C11H20N2O2. The van der Waals surface area contributed by atoms with Gasteiger partial charge in [-0.05, 0) is 33.2 Å². The molecule has 1 atom stereocenters. The first-order valence-corrected chi connectivity index (χ1v) is 5.65. The minimum atomic E-state index is 0.000744. The zero-order valence-electron chi connectivity index (χ0n) is 9.58. The van der Waals surface area contributed by atoms with Gasteiger partial charge in [0.05, 0.1) is 0 Å². The number of hydrogen-bond acceptors (Lipinski definition) is 3. The normalized spacial score (nSPS) is 20.3. The van der Waals surface area contributed by atoms with Crippen molar-refractivity contribution in [2.75, 3.05) is 13.6 Å². The smallest absolute Gasteiger partial charge is 0.229 e. The van der Waals surface area contributed by atoms with Crippen molar-refractivity contribution >= 4 is 11.8 Å². The van der Waals surface area contributed by atoms with Gasteiger partial charge in [0.2, 0.25) is 11.8 Å². The fraction of sp³-hybridized carbons (Fsp3) is 0.818. The van der Waals surface area contributed by atoms with Crippen LogP contribution in [0.5, 0.6) is 0 Å². The molecule has 2 amide bonds. The van der Waals surface area contributed by atoms with Crippen LogP contribution in [0.1, 0.15) is 39.0 Å². The van der Waals surface area contributed by atoms with Crippen molar-refractivity contribution in [3.8, 4) is 0 Å². The first kappa shape index (κ1) is 12.2. The Morgan fingerprint density at radius 1 is 1.27 bits per heavy atom. The molecule has 0 saturated carbocycles. The van der Waals surface area contributed by atoms with Gasteiger partial charge in [-0.2, -0.15) is 0 Å². The number of nitrogens with one attached hydrogen (secondary N) is 1. The van der Waals surface area contributed by atoms with Gasteiger partial charge in [-0.15, -0.1) is 0 Å². The first-order valence-electron chi connectivity index (χ1n) is 5.65. The van der Waals surface area contributed by atoms with Gasteiger partial charge in [0.1, 0.15) is 0 Å². The topological polar surface area (TPSA) is 49.4 Å². The second kappa shape index (κ2) is 5.85. The van der Waals surface area contributed by atoms with Crippen LogP contribution in [-0.2, 0) is 9.59 Å². The van der Waals surface area contributed by atoms with E-state index >= 15 is 0 Å². The molecule has 1 fully saturated rings. The van der Waals surface area contributed by atoms with E-state index in [4.69, 9.17) is 0 Å². The van der Waals surface area contributed by atoms with Gasteiger partial charge in [-0.25, -0.2) is 0 Å². The van der Waals surface area contributed by atoms with Crippen molar-refractivity contribution in [3.05, 3.63) is 0 Å². The fourth-order valence-corrected chi connectivity index (χ4v) is 1.68. The van der Waals surface area contributed by atoms with Gasteiger partial charge in [0.25, 0.3) is 0 Å². The molecule has 1 heterocycles. The maximum atomic E-state index is 11.6. The Kier molecular flexibility index (Phi) is 4.75. The summed E-state index contributed by atoms with van der Waals surface area (Å²) in [5.74, 6) is 0.00149. The molecule has 0 bridgehead atoms. The molecule has 0 aromatic carbocycles. The number of nitrogens with zero attached hydrogens (tertiary/aromatic N) is 1. The van der Waals surface area contributed by atoms with Crippen molar-refractivity contribution in [3.63, 3.8) is 0 Å². The molecule has 86 valence electrons. The number of rotatable bonds is 4. The van der Waals surface area contributed by atoms with Crippen molar-refractivity contribution in [1.29, 1.82) is 0 Å². The van der Waals surface area contributed by atoms with Crippen molar-refractivity contribution < 1.29 is 9.59 Å². The van der Waals surface area contributed by atoms with E-state index < -0.39 is 0 Å². The van der Waals surface area contributed by atoms with Crippen LogP contribution in [0.3, 0.4) is 0 Å². The minimum Gasteiger partial charge on any atom is -0.317 e. The van der Waals surface area contributed by atoms with E-state index in [1.165, 1.54) is 4.90 Å². The van der Waals surface area contributed by atoms with Gasteiger partial charge >= 0.3 is 0 Å². The Bertz CT molecular complexity index is 223. The molecule has 1 unspecified atom stereocenters. The zero-order valence-corrected chi connectivity index (χ0v) is 9.58. The van der Waals surface area contributed by atoms with Crippen LogP contribution in [-0.4, -0.2) is 36.3 Å². The summed E-state index contributed by atoms with van der Waals surface area (Å²) < 4.78 is 0. The van der Waals surface area contributed by atoms with Gasteiger partial charge in [0.15, 0.2) is 0 Å². The van der Waals surface area contributed by atoms with Gasteiger partial charge < -0.3 is 5.32 Å². The third-order valence-electron chi connectivity index (χ3n) is 2.91. The molecule has 1 aliphatic heterocycles. The molecule has 1 rings (SSSR count). The van der Waals surface area contributed by atoms with Crippen LogP contribution in [0, 0.1) is 0 Å². The predicted octanol–water partition coefficient (Wildman–Crippen LogP) is 0.914. The van der Waals surface area contributed by atoms with E-state index in [1.54, 1.807) is 0 Å². The third-order valence-corrected chi connectivity index (χ3v) is 2.91.